The number of rotatable bonds is 7. The third kappa shape index (κ3) is 4.18. The summed E-state index contributed by atoms with van der Waals surface area (Å²) in [5, 5.41) is 1.04. The summed E-state index contributed by atoms with van der Waals surface area (Å²) in [6.07, 6.45) is 9.08. The number of hydrogen-bond donors (Lipinski definition) is 0. The van der Waals surface area contributed by atoms with Crippen molar-refractivity contribution in [3.05, 3.63) is 71.7 Å². The second-order valence-corrected chi connectivity index (χ2v) is 7.28. The lowest BCUT2D eigenvalue weighted by atomic mass is 10.0. The van der Waals surface area contributed by atoms with Crippen LogP contribution in [0, 0.1) is 0 Å². The van der Waals surface area contributed by atoms with Gasteiger partial charge in [-0.1, -0.05) is 60.7 Å². The van der Waals surface area contributed by atoms with Crippen LogP contribution in [-0.4, -0.2) is 19.3 Å². The molecular weight excluding hydrogens is 294 g/mol. The Kier molecular flexibility index (Phi) is 5.75. The van der Waals surface area contributed by atoms with Crippen LogP contribution >= 0.6 is 0 Å². The van der Waals surface area contributed by atoms with Crippen molar-refractivity contribution in [1.29, 1.82) is 0 Å². The molecule has 22 heavy (non-hydrogen) atoms. The zero-order valence-corrected chi connectivity index (χ0v) is 13.8. The number of benzene rings is 1. The van der Waals surface area contributed by atoms with Crippen molar-refractivity contribution in [1.82, 2.24) is 4.31 Å². The van der Waals surface area contributed by atoms with E-state index in [1.807, 2.05) is 43.3 Å². The van der Waals surface area contributed by atoms with Gasteiger partial charge >= 0.3 is 0 Å². The van der Waals surface area contributed by atoms with E-state index < -0.39 is 10.0 Å². The largest absolute Gasteiger partial charge is 0.236 e. The number of hydrogen-bond acceptors (Lipinski definition) is 2. The van der Waals surface area contributed by atoms with Crippen molar-refractivity contribution in [3.8, 4) is 0 Å². The van der Waals surface area contributed by atoms with Crippen molar-refractivity contribution in [2.45, 2.75) is 32.2 Å². The second-order valence-electron chi connectivity index (χ2n) is 5.45. The highest BCUT2D eigenvalue weighted by atomic mass is 32.2. The van der Waals surface area contributed by atoms with E-state index in [-0.39, 0.29) is 6.04 Å². The maximum absolute atomic E-state index is 12.4. The van der Waals surface area contributed by atoms with Crippen LogP contribution in [0.3, 0.4) is 0 Å². The van der Waals surface area contributed by atoms with Gasteiger partial charge in [0.2, 0.25) is 10.0 Å². The Labute approximate surface area is 133 Å². The van der Waals surface area contributed by atoms with Gasteiger partial charge in [0, 0.05) is 18.0 Å². The fourth-order valence-electron chi connectivity index (χ4n) is 2.65. The molecule has 0 aliphatic heterocycles. The number of allylic oxidation sites excluding steroid dienone is 3. The molecule has 0 heterocycles. The first-order valence-corrected chi connectivity index (χ1v) is 9.08. The first kappa shape index (κ1) is 16.7. The van der Waals surface area contributed by atoms with Crippen LogP contribution in [0.25, 0.3) is 0 Å². The van der Waals surface area contributed by atoms with Crippen LogP contribution in [0.1, 0.15) is 37.8 Å². The molecule has 0 saturated heterocycles. The van der Waals surface area contributed by atoms with Crippen LogP contribution in [0.15, 0.2) is 66.1 Å². The molecule has 1 aromatic carbocycles. The first-order chi connectivity index (χ1) is 10.5. The summed E-state index contributed by atoms with van der Waals surface area (Å²) in [5.41, 5.74) is 2.29. The van der Waals surface area contributed by atoms with Crippen molar-refractivity contribution >= 4 is 10.0 Å². The molecule has 0 radical (unpaired) electrons. The van der Waals surface area contributed by atoms with E-state index in [0.717, 1.165) is 30.2 Å². The van der Waals surface area contributed by atoms with Gasteiger partial charge in [0.15, 0.2) is 0 Å². The molecule has 3 nitrogen and oxygen atoms in total. The van der Waals surface area contributed by atoms with Crippen molar-refractivity contribution < 1.29 is 8.42 Å². The molecule has 1 atom stereocenters. The van der Waals surface area contributed by atoms with Gasteiger partial charge in [-0.05, 0) is 31.7 Å². The lowest BCUT2D eigenvalue weighted by Crippen LogP contribution is -2.33. The maximum atomic E-state index is 12.4. The Bertz CT molecular complexity index is 660. The smallest absolute Gasteiger partial charge is 0.208 e. The number of nitrogens with zero attached hydrogens (tertiary/aromatic N) is 1. The molecule has 118 valence electrons. The molecule has 0 saturated carbocycles. The predicted octanol–water partition coefficient (Wildman–Crippen LogP) is 4.19. The highest BCUT2D eigenvalue weighted by Gasteiger charge is 2.25. The van der Waals surface area contributed by atoms with E-state index in [1.165, 1.54) is 9.88 Å². The Morgan fingerprint density at radius 1 is 1.32 bits per heavy atom. The third-order valence-electron chi connectivity index (χ3n) is 4.00. The Morgan fingerprint density at radius 3 is 2.64 bits per heavy atom. The molecule has 1 aliphatic carbocycles. The topological polar surface area (TPSA) is 37.4 Å². The van der Waals surface area contributed by atoms with Crippen molar-refractivity contribution in [3.63, 3.8) is 0 Å². The summed E-state index contributed by atoms with van der Waals surface area (Å²) >= 11 is 0. The summed E-state index contributed by atoms with van der Waals surface area (Å²) in [7, 11) is -3.46. The van der Waals surface area contributed by atoms with Gasteiger partial charge < -0.3 is 0 Å². The van der Waals surface area contributed by atoms with Gasteiger partial charge in [-0.15, -0.1) is 0 Å². The summed E-state index contributed by atoms with van der Waals surface area (Å²) in [4.78, 5) is 0. The van der Waals surface area contributed by atoms with Crippen molar-refractivity contribution in [2.75, 3.05) is 6.54 Å². The lowest BCUT2D eigenvalue weighted by Gasteiger charge is -2.28. The fraction of sp³-hybridized carbons (Fsp3) is 0.333. The van der Waals surface area contributed by atoms with Gasteiger partial charge in [0.05, 0.1) is 0 Å². The molecule has 0 spiro atoms. The zero-order chi connectivity index (χ0) is 16.0. The fourth-order valence-corrected chi connectivity index (χ4v) is 3.75. The predicted molar refractivity (Wildman–Crippen MR) is 91.8 cm³/mol. The quantitative estimate of drug-likeness (QED) is 0.756. The molecule has 0 bridgehead atoms. The summed E-state index contributed by atoms with van der Waals surface area (Å²) in [6.45, 7) is 5.87. The third-order valence-corrected chi connectivity index (χ3v) is 5.58. The molecule has 0 unspecified atom stereocenters. The highest BCUT2D eigenvalue weighted by molar-refractivity contribution is 7.92. The summed E-state index contributed by atoms with van der Waals surface area (Å²) < 4.78 is 26.3. The van der Waals surface area contributed by atoms with E-state index in [4.69, 9.17) is 0 Å². The van der Waals surface area contributed by atoms with Crippen LogP contribution in [0.5, 0.6) is 0 Å². The van der Waals surface area contributed by atoms with E-state index >= 15 is 0 Å². The second kappa shape index (κ2) is 7.56. The zero-order valence-electron chi connectivity index (χ0n) is 13.0. The van der Waals surface area contributed by atoms with Gasteiger partial charge in [0.25, 0.3) is 0 Å². The summed E-state index contributed by atoms with van der Waals surface area (Å²) in [5.74, 6) is 0. The van der Waals surface area contributed by atoms with Gasteiger partial charge in [-0.2, -0.15) is 4.31 Å². The minimum Gasteiger partial charge on any atom is -0.208 e. The molecule has 1 aliphatic rings. The Hall–Kier alpha value is -1.65. The SMILES string of the molecule is C=CS(=O)(=O)N(CCC1=CC=CCC1)[C@@H](C)c1ccccc1. The molecular formula is C18H23NO2S. The van der Waals surface area contributed by atoms with Gasteiger partial charge in [0.1, 0.15) is 0 Å². The van der Waals surface area contributed by atoms with Crippen LogP contribution in [0.2, 0.25) is 0 Å². The standard InChI is InChI=1S/C18H23NO2S/c1-3-22(20,21)19(15-14-17-10-6-4-7-11-17)16(2)18-12-8-5-9-13-18/h3-6,8-10,12-13,16H,1,7,11,14-15H2,2H3/t16-/m0/s1. The molecule has 4 heteroatoms. The average molecular weight is 317 g/mol. The maximum Gasteiger partial charge on any atom is 0.236 e. The Balaban J connectivity index is 2.18. The van der Waals surface area contributed by atoms with Crippen molar-refractivity contribution in [2.24, 2.45) is 0 Å². The first-order valence-electron chi connectivity index (χ1n) is 7.58. The van der Waals surface area contributed by atoms with E-state index in [0.29, 0.717) is 6.54 Å². The lowest BCUT2D eigenvalue weighted by molar-refractivity contribution is 0.348. The Morgan fingerprint density at radius 2 is 2.05 bits per heavy atom. The van der Waals surface area contributed by atoms with Crippen LogP contribution in [-0.2, 0) is 10.0 Å². The normalized spacial score (nSPS) is 16.4. The minimum atomic E-state index is -3.46. The van der Waals surface area contributed by atoms with Crippen LogP contribution in [0.4, 0.5) is 0 Å². The number of sulfonamides is 1. The monoisotopic (exact) mass is 317 g/mol. The molecule has 0 N–H and O–H groups in total. The van der Waals surface area contributed by atoms with Gasteiger partial charge in [-0.3, -0.25) is 0 Å². The molecule has 1 aromatic rings. The van der Waals surface area contributed by atoms with Crippen LogP contribution < -0.4 is 0 Å². The highest BCUT2D eigenvalue weighted by Crippen LogP contribution is 2.26. The molecule has 0 fully saturated rings. The molecule has 0 aromatic heterocycles. The van der Waals surface area contributed by atoms with E-state index in [1.54, 1.807) is 0 Å². The van der Waals surface area contributed by atoms with E-state index in [2.05, 4.69) is 18.7 Å². The minimum absolute atomic E-state index is 0.205. The molecule has 0 amide bonds. The molecule has 2 rings (SSSR count). The van der Waals surface area contributed by atoms with Gasteiger partial charge in [-0.25, -0.2) is 8.42 Å². The summed E-state index contributed by atoms with van der Waals surface area (Å²) in [6, 6.07) is 9.50. The van der Waals surface area contributed by atoms with E-state index in [9.17, 15) is 8.42 Å². The average Bonchev–Trinajstić information content (AvgIpc) is 2.56.